The summed E-state index contributed by atoms with van der Waals surface area (Å²) in [5.74, 6) is 1.32. The fourth-order valence-corrected chi connectivity index (χ4v) is 2.69. The van der Waals surface area contributed by atoms with Crippen molar-refractivity contribution in [3.8, 4) is 11.5 Å². The number of carbonyl (C=O) groups excluding carboxylic acids is 1. The van der Waals surface area contributed by atoms with E-state index in [9.17, 15) is 4.79 Å². The molecule has 7 nitrogen and oxygen atoms in total. The van der Waals surface area contributed by atoms with Crippen molar-refractivity contribution in [2.45, 2.75) is 6.54 Å². The molecule has 28 heavy (non-hydrogen) atoms. The lowest BCUT2D eigenvalue weighted by molar-refractivity contribution is 0.102. The highest BCUT2D eigenvalue weighted by Crippen LogP contribution is 2.27. The van der Waals surface area contributed by atoms with Gasteiger partial charge in [-0.25, -0.2) is 9.97 Å². The Morgan fingerprint density at radius 2 is 1.86 bits per heavy atom. The largest absolute Gasteiger partial charge is 0.497 e. The van der Waals surface area contributed by atoms with Crippen molar-refractivity contribution in [3.63, 3.8) is 0 Å². The highest BCUT2D eigenvalue weighted by atomic mass is 35.5. The predicted molar refractivity (Wildman–Crippen MR) is 108 cm³/mol. The molecule has 0 fully saturated rings. The molecule has 0 bridgehead atoms. The Balaban J connectivity index is 1.64. The van der Waals surface area contributed by atoms with Crippen LogP contribution in [0.25, 0.3) is 0 Å². The lowest BCUT2D eigenvalue weighted by Gasteiger charge is -2.09. The van der Waals surface area contributed by atoms with Crippen LogP contribution in [0, 0.1) is 0 Å². The molecule has 0 aliphatic heterocycles. The maximum absolute atomic E-state index is 12.5. The van der Waals surface area contributed by atoms with E-state index in [4.69, 9.17) is 21.1 Å². The van der Waals surface area contributed by atoms with E-state index < -0.39 is 0 Å². The van der Waals surface area contributed by atoms with E-state index in [1.165, 1.54) is 13.3 Å². The van der Waals surface area contributed by atoms with Crippen molar-refractivity contribution >= 4 is 29.1 Å². The number of benzene rings is 2. The molecule has 2 aromatic carbocycles. The van der Waals surface area contributed by atoms with Crippen LogP contribution in [-0.2, 0) is 6.54 Å². The number of carbonyl (C=O) groups is 1. The van der Waals surface area contributed by atoms with Crippen molar-refractivity contribution in [1.29, 1.82) is 0 Å². The number of halogens is 1. The van der Waals surface area contributed by atoms with E-state index in [2.05, 4.69) is 20.6 Å². The number of hydrogen-bond acceptors (Lipinski definition) is 6. The second-order valence-corrected chi connectivity index (χ2v) is 6.18. The summed E-state index contributed by atoms with van der Waals surface area (Å²) in [5, 5.41) is 6.26. The fraction of sp³-hybridized carbons (Fsp3) is 0.150. The van der Waals surface area contributed by atoms with Gasteiger partial charge in [-0.05, 0) is 42.0 Å². The number of methoxy groups -OCH3 is 2. The van der Waals surface area contributed by atoms with Gasteiger partial charge >= 0.3 is 0 Å². The van der Waals surface area contributed by atoms with Gasteiger partial charge in [0.05, 0.1) is 19.2 Å². The van der Waals surface area contributed by atoms with Gasteiger partial charge in [-0.3, -0.25) is 4.79 Å². The molecule has 0 aliphatic rings. The van der Waals surface area contributed by atoms with Gasteiger partial charge in [0.1, 0.15) is 17.2 Å². The van der Waals surface area contributed by atoms with Crippen molar-refractivity contribution < 1.29 is 14.3 Å². The Morgan fingerprint density at radius 1 is 1.07 bits per heavy atom. The van der Waals surface area contributed by atoms with Crippen LogP contribution in [0.1, 0.15) is 16.1 Å². The molecule has 0 atom stereocenters. The Labute approximate surface area is 167 Å². The van der Waals surface area contributed by atoms with Crippen molar-refractivity contribution in [1.82, 2.24) is 9.97 Å². The summed E-state index contributed by atoms with van der Waals surface area (Å²) in [4.78, 5) is 20.9. The molecule has 1 heterocycles. The monoisotopic (exact) mass is 398 g/mol. The summed E-state index contributed by atoms with van der Waals surface area (Å²) in [7, 11) is 3.15. The number of nitrogens with zero attached hydrogens (tertiary/aromatic N) is 2. The number of nitrogens with one attached hydrogen (secondary N) is 2. The van der Waals surface area contributed by atoms with E-state index in [0.29, 0.717) is 29.0 Å². The van der Waals surface area contributed by atoms with Gasteiger partial charge in [0.15, 0.2) is 0 Å². The van der Waals surface area contributed by atoms with Crippen LogP contribution in [-0.4, -0.2) is 30.1 Å². The summed E-state index contributed by atoms with van der Waals surface area (Å²) < 4.78 is 10.2. The van der Waals surface area contributed by atoms with E-state index in [-0.39, 0.29) is 11.6 Å². The lowest BCUT2D eigenvalue weighted by atomic mass is 10.2. The van der Waals surface area contributed by atoms with E-state index in [1.807, 2.05) is 24.3 Å². The molecule has 144 valence electrons. The van der Waals surface area contributed by atoms with E-state index >= 15 is 0 Å². The lowest BCUT2D eigenvalue weighted by Crippen LogP contribution is -2.15. The van der Waals surface area contributed by atoms with Gasteiger partial charge in [-0.1, -0.05) is 23.7 Å². The summed E-state index contributed by atoms with van der Waals surface area (Å²) in [6.45, 7) is 0.517. The zero-order chi connectivity index (χ0) is 19.9. The molecule has 0 saturated carbocycles. The van der Waals surface area contributed by atoms with Gasteiger partial charge in [0, 0.05) is 18.4 Å². The summed E-state index contributed by atoms with van der Waals surface area (Å²) in [6, 6.07) is 14.2. The molecule has 8 heteroatoms. The molecule has 0 spiro atoms. The van der Waals surface area contributed by atoms with E-state index in [0.717, 1.165) is 11.3 Å². The van der Waals surface area contributed by atoms with Crippen LogP contribution in [0.2, 0.25) is 5.02 Å². The summed E-state index contributed by atoms with van der Waals surface area (Å²) >= 11 is 6.08. The number of aromatic nitrogens is 2. The molecule has 2 N–H and O–H groups in total. The normalized spacial score (nSPS) is 10.2. The second-order valence-electron chi connectivity index (χ2n) is 5.77. The first-order valence-corrected chi connectivity index (χ1v) is 8.81. The number of amides is 1. The molecular weight excluding hydrogens is 380 g/mol. The minimum atomic E-state index is -0.365. The van der Waals surface area contributed by atoms with Crippen molar-refractivity contribution in [2.24, 2.45) is 0 Å². The van der Waals surface area contributed by atoms with Crippen LogP contribution >= 0.6 is 11.6 Å². The molecule has 0 aliphatic carbocycles. The smallest absolute Gasteiger partial charge is 0.274 e. The van der Waals surface area contributed by atoms with Crippen LogP contribution in [0.15, 0.2) is 54.7 Å². The van der Waals surface area contributed by atoms with Crippen LogP contribution < -0.4 is 20.1 Å². The third-order valence-electron chi connectivity index (χ3n) is 3.91. The number of ether oxygens (including phenoxy) is 2. The summed E-state index contributed by atoms with van der Waals surface area (Å²) in [6.07, 6.45) is 1.53. The minimum absolute atomic E-state index is 0.235. The average molecular weight is 399 g/mol. The topological polar surface area (TPSA) is 85.4 Å². The summed E-state index contributed by atoms with van der Waals surface area (Å²) in [5.41, 5.74) is 1.81. The maximum atomic E-state index is 12.5. The molecule has 0 radical (unpaired) electrons. The molecular formula is C20H19ClN4O3. The van der Waals surface area contributed by atoms with Crippen LogP contribution in [0.4, 0.5) is 11.6 Å². The van der Waals surface area contributed by atoms with Gasteiger partial charge < -0.3 is 20.1 Å². The Bertz CT molecular complexity index is 964. The van der Waals surface area contributed by atoms with Crippen LogP contribution in [0.5, 0.6) is 11.5 Å². The second kappa shape index (κ2) is 9.05. The van der Waals surface area contributed by atoms with Gasteiger partial charge in [0.2, 0.25) is 5.95 Å². The van der Waals surface area contributed by atoms with Gasteiger partial charge in [0.25, 0.3) is 5.91 Å². The first-order chi connectivity index (χ1) is 13.6. The molecule has 3 rings (SSSR count). The van der Waals surface area contributed by atoms with Crippen molar-refractivity contribution in [3.05, 3.63) is 71.0 Å². The van der Waals surface area contributed by atoms with Gasteiger partial charge in [-0.15, -0.1) is 0 Å². The van der Waals surface area contributed by atoms with E-state index in [1.54, 1.807) is 31.4 Å². The molecule has 3 aromatic rings. The zero-order valence-corrected chi connectivity index (χ0v) is 16.2. The fourth-order valence-electron chi connectivity index (χ4n) is 2.43. The standard InChI is InChI=1S/C20H19ClN4O3/c1-27-15-6-3-13(4-7-15)12-23-20-22-10-9-17(25-20)19(26)24-14-5-8-18(28-2)16(21)11-14/h3-11H,12H2,1-2H3,(H,24,26)(H,22,23,25). The zero-order valence-electron chi connectivity index (χ0n) is 15.4. The first kappa shape index (κ1) is 19.4. The maximum Gasteiger partial charge on any atom is 0.274 e. The molecule has 0 unspecified atom stereocenters. The SMILES string of the molecule is COc1ccc(CNc2nccc(C(=O)Nc3ccc(OC)c(Cl)c3)n2)cc1. The third-order valence-corrected chi connectivity index (χ3v) is 4.20. The minimum Gasteiger partial charge on any atom is -0.497 e. The number of rotatable bonds is 7. The Morgan fingerprint density at radius 3 is 2.54 bits per heavy atom. The molecule has 1 aromatic heterocycles. The number of anilines is 2. The molecule has 1 amide bonds. The Hall–Kier alpha value is -3.32. The number of hydrogen-bond donors (Lipinski definition) is 2. The predicted octanol–water partition coefficient (Wildman–Crippen LogP) is 4.01. The Kier molecular flexibility index (Phi) is 6.29. The molecule has 0 saturated heterocycles. The quantitative estimate of drug-likeness (QED) is 0.625. The highest BCUT2D eigenvalue weighted by molar-refractivity contribution is 6.32. The third kappa shape index (κ3) is 4.89. The van der Waals surface area contributed by atoms with Crippen LogP contribution in [0.3, 0.4) is 0 Å². The average Bonchev–Trinajstić information content (AvgIpc) is 2.73. The highest BCUT2D eigenvalue weighted by Gasteiger charge is 2.11. The first-order valence-electron chi connectivity index (χ1n) is 8.44. The van der Waals surface area contributed by atoms with Gasteiger partial charge in [-0.2, -0.15) is 0 Å². The van der Waals surface area contributed by atoms with Crippen molar-refractivity contribution in [2.75, 3.05) is 24.9 Å².